The molecule has 36 heavy (non-hydrogen) atoms. The number of nitrogens with zero attached hydrogens (tertiary/aromatic N) is 3. The van der Waals surface area contributed by atoms with Crippen molar-refractivity contribution in [1.82, 2.24) is 10.3 Å². The Balaban J connectivity index is 1.13. The van der Waals surface area contributed by atoms with E-state index in [1.54, 1.807) is 36.5 Å². The first-order valence-electron chi connectivity index (χ1n) is 12.8. The molecule has 2 bridgehead atoms. The van der Waals surface area contributed by atoms with Gasteiger partial charge >= 0.3 is 0 Å². The first kappa shape index (κ1) is 23.0. The molecule has 1 saturated heterocycles. The average Bonchev–Trinajstić information content (AvgIpc) is 3.62. The summed E-state index contributed by atoms with van der Waals surface area (Å²) in [6.07, 6.45) is 8.27. The molecule has 2 aliphatic carbocycles. The Bertz CT molecular complexity index is 1230. The van der Waals surface area contributed by atoms with Crippen LogP contribution in [0.25, 0.3) is 11.3 Å². The lowest BCUT2D eigenvalue weighted by Gasteiger charge is -2.40. The van der Waals surface area contributed by atoms with E-state index in [0.29, 0.717) is 35.3 Å². The van der Waals surface area contributed by atoms with Gasteiger partial charge in [0.05, 0.1) is 16.7 Å². The molecule has 188 valence electrons. The molecule has 6 rings (SSSR count). The van der Waals surface area contributed by atoms with Crippen LogP contribution in [-0.2, 0) is 0 Å². The Morgan fingerprint density at radius 1 is 1.03 bits per heavy atom. The molecule has 5 atom stereocenters. The first-order valence-corrected chi connectivity index (χ1v) is 12.8. The van der Waals surface area contributed by atoms with Crippen LogP contribution >= 0.6 is 0 Å². The minimum atomic E-state index is -0.354. The number of nitro groups is 1. The van der Waals surface area contributed by atoms with Crippen LogP contribution in [0.15, 0.2) is 59.1 Å². The highest BCUT2D eigenvalue weighted by Crippen LogP contribution is 2.41. The minimum absolute atomic E-state index is 0.124. The third-order valence-electron chi connectivity index (χ3n) is 8.02. The Morgan fingerprint density at radius 3 is 2.56 bits per heavy atom. The molecular weight excluding hydrogens is 461 g/mol. The van der Waals surface area contributed by atoms with Gasteiger partial charge < -0.3 is 20.0 Å². The number of aromatic nitrogens is 1. The number of rotatable bonds is 7. The number of non-ortho nitro benzene ring substituents is 1. The van der Waals surface area contributed by atoms with E-state index >= 15 is 0 Å². The number of nitro benzene ring substituents is 1. The van der Waals surface area contributed by atoms with E-state index in [-0.39, 0.29) is 28.5 Å². The summed E-state index contributed by atoms with van der Waals surface area (Å²) < 4.78 is 20.0. The van der Waals surface area contributed by atoms with E-state index in [1.165, 1.54) is 12.5 Å². The Labute approximate surface area is 209 Å². The third-order valence-corrected chi connectivity index (χ3v) is 8.02. The molecule has 2 saturated carbocycles. The second kappa shape index (κ2) is 9.54. The lowest BCUT2D eigenvalue weighted by molar-refractivity contribution is -0.384. The number of hydrogen-bond donors (Lipinski definition) is 2. The van der Waals surface area contributed by atoms with Crippen LogP contribution in [0.3, 0.4) is 0 Å². The molecule has 9 heteroatoms. The van der Waals surface area contributed by atoms with Crippen LogP contribution in [-0.4, -0.2) is 40.6 Å². The zero-order chi connectivity index (χ0) is 24.6. The predicted molar refractivity (Wildman–Crippen MR) is 135 cm³/mol. The number of oxazole rings is 1. The van der Waals surface area contributed by atoms with Crippen LogP contribution in [0.5, 0.6) is 0 Å². The smallest absolute Gasteiger partial charge is 0.295 e. The number of hydrogen-bond acceptors (Lipinski definition) is 7. The molecule has 2 heterocycles. The predicted octanol–water partition coefficient (Wildman–Crippen LogP) is 5.37. The van der Waals surface area contributed by atoms with Gasteiger partial charge in [-0.25, -0.2) is 9.37 Å². The van der Waals surface area contributed by atoms with Gasteiger partial charge in [-0.15, -0.1) is 0 Å². The van der Waals surface area contributed by atoms with E-state index in [2.05, 4.69) is 20.5 Å². The highest BCUT2D eigenvalue weighted by molar-refractivity contribution is 5.58. The second-order valence-corrected chi connectivity index (χ2v) is 10.3. The van der Waals surface area contributed by atoms with Gasteiger partial charge in [0.2, 0.25) is 0 Å². The number of benzene rings is 2. The maximum absolute atomic E-state index is 14.2. The summed E-state index contributed by atoms with van der Waals surface area (Å²) in [7, 11) is 0. The van der Waals surface area contributed by atoms with Crippen molar-refractivity contribution in [1.29, 1.82) is 0 Å². The Hall–Kier alpha value is -3.46. The molecule has 0 spiro atoms. The molecule has 1 aliphatic heterocycles. The van der Waals surface area contributed by atoms with Gasteiger partial charge in [0.15, 0.2) is 5.76 Å². The highest BCUT2D eigenvalue weighted by Gasteiger charge is 2.46. The van der Waals surface area contributed by atoms with Gasteiger partial charge in [-0.3, -0.25) is 10.1 Å². The Kier molecular flexibility index (Phi) is 6.08. The molecule has 2 N–H and O–H groups in total. The van der Waals surface area contributed by atoms with Gasteiger partial charge in [0.25, 0.3) is 11.7 Å². The van der Waals surface area contributed by atoms with E-state index < -0.39 is 0 Å². The number of piperidine rings is 1. The molecule has 0 amide bonds. The van der Waals surface area contributed by atoms with E-state index in [4.69, 9.17) is 4.42 Å². The molecule has 0 radical (unpaired) electrons. The fourth-order valence-electron chi connectivity index (χ4n) is 6.33. The summed E-state index contributed by atoms with van der Waals surface area (Å²) in [5.41, 5.74) is 1.58. The van der Waals surface area contributed by atoms with E-state index in [0.717, 1.165) is 44.3 Å². The van der Waals surface area contributed by atoms with Crippen molar-refractivity contribution in [3.8, 4) is 11.3 Å². The maximum Gasteiger partial charge on any atom is 0.295 e. The van der Waals surface area contributed by atoms with Gasteiger partial charge in [-0.05, 0) is 55.9 Å². The summed E-state index contributed by atoms with van der Waals surface area (Å²) >= 11 is 0. The molecule has 1 aromatic heterocycles. The zero-order valence-electron chi connectivity index (χ0n) is 20.0. The second-order valence-electron chi connectivity index (χ2n) is 10.3. The van der Waals surface area contributed by atoms with Gasteiger partial charge in [-0.1, -0.05) is 25.0 Å². The fourth-order valence-corrected chi connectivity index (χ4v) is 6.33. The lowest BCUT2D eigenvalue weighted by atomic mass is 9.89. The summed E-state index contributed by atoms with van der Waals surface area (Å²) in [6.45, 7) is 1.00. The number of halogens is 1. The van der Waals surface area contributed by atoms with Crippen molar-refractivity contribution in [2.75, 3.05) is 16.8 Å². The summed E-state index contributed by atoms with van der Waals surface area (Å²) in [4.78, 5) is 17.5. The van der Waals surface area contributed by atoms with Crippen molar-refractivity contribution in [2.24, 2.45) is 5.92 Å². The largest absolute Gasteiger partial charge is 0.423 e. The molecule has 3 aliphatic rings. The van der Waals surface area contributed by atoms with E-state index in [9.17, 15) is 14.5 Å². The topological polar surface area (TPSA) is 96.5 Å². The van der Waals surface area contributed by atoms with Gasteiger partial charge in [-0.2, -0.15) is 0 Å². The zero-order valence-corrected chi connectivity index (χ0v) is 20.0. The molecule has 3 aromatic rings. The van der Waals surface area contributed by atoms with Crippen molar-refractivity contribution >= 4 is 17.4 Å². The first-order chi connectivity index (χ1) is 17.5. The average molecular weight is 492 g/mol. The summed E-state index contributed by atoms with van der Waals surface area (Å²) in [5.74, 6) is 0.724. The van der Waals surface area contributed by atoms with E-state index in [1.807, 2.05) is 12.1 Å². The van der Waals surface area contributed by atoms with Crippen molar-refractivity contribution in [2.45, 2.75) is 62.7 Å². The van der Waals surface area contributed by atoms with Crippen LogP contribution < -0.4 is 15.5 Å². The van der Waals surface area contributed by atoms with Gasteiger partial charge in [0.1, 0.15) is 5.82 Å². The van der Waals surface area contributed by atoms with Crippen molar-refractivity contribution in [3.05, 3.63) is 70.7 Å². The standard InChI is InChI=1S/C27H30FN5O3/c28-21-6-2-1-5-20(21)26-15-29-27(36-26)31-23-8-4-3-7-22(23)30-24-13-17-14-25(24)32(16-17)18-9-11-19(12-10-18)33(34)35/h1-2,5-6,9-12,15,17,22-25,30H,3-4,7-8,13-14,16H2,(H,29,31)/t17-,22-,23-,24+,25-/m1/s1. The lowest BCUT2D eigenvalue weighted by Crippen LogP contribution is -2.56. The molecule has 3 fully saturated rings. The van der Waals surface area contributed by atoms with Crippen LogP contribution in [0.4, 0.5) is 21.8 Å². The molecular formula is C27H30FN5O3. The summed E-state index contributed by atoms with van der Waals surface area (Å²) in [5, 5.41) is 18.5. The third kappa shape index (κ3) is 4.43. The van der Waals surface area contributed by atoms with Crippen LogP contribution in [0, 0.1) is 21.8 Å². The van der Waals surface area contributed by atoms with Crippen molar-refractivity contribution in [3.63, 3.8) is 0 Å². The normalized spacial score (nSPS) is 27.4. The number of anilines is 2. The molecule has 2 aromatic carbocycles. The van der Waals surface area contributed by atoms with Crippen LogP contribution in [0.2, 0.25) is 0 Å². The highest BCUT2D eigenvalue weighted by atomic mass is 19.1. The Morgan fingerprint density at radius 2 is 1.81 bits per heavy atom. The minimum Gasteiger partial charge on any atom is -0.423 e. The quantitative estimate of drug-likeness (QED) is 0.339. The van der Waals surface area contributed by atoms with Crippen molar-refractivity contribution < 1.29 is 13.7 Å². The number of nitrogens with one attached hydrogen (secondary N) is 2. The summed E-state index contributed by atoms with van der Waals surface area (Å²) in [6, 6.07) is 15.1. The maximum atomic E-state index is 14.2. The SMILES string of the molecule is O=[N+]([O-])c1ccc(N2C[C@@H]3C[C@H](N[C@@H]4CCCC[C@H]4Nc4ncc(-c5ccccc5F)o4)[C@H]2C3)cc1. The van der Waals surface area contributed by atoms with Gasteiger partial charge in [0, 0.05) is 48.5 Å². The fraction of sp³-hybridized carbons (Fsp3) is 0.444. The van der Waals surface area contributed by atoms with Crippen LogP contribution in [0.1, 0.15) is 38.5 Å². The number of fused-ring (bicyclic) bond motifs is 2. The molecule has 0 unspecified atom stereocenters. The molecule has 8 nitrogen and oxygen atoms in total. The monoisotopic (exact) mass is 491 g/mol.